The lowest BCUT2D eigenvalue weighted by Crippen LogP contribution is -2.41. The number of carbonyl (C=O) groups excluding carboxylic acids is 1. The Morgan fingerprint density at radius 3 is 2.80 bits per heavy atom. The molecule has 0 atom stereocenters. The van der Waals surface area contributed by atoms with Gasteiger partial charge in [-0.2, -0.15) is 0 Å². The van der Waals surface area contributed by atoms with Crippen molar-refractivity contribution in [3.63, 3.8) is 0 Å². The largest absolute Gasteiger partial charge is 0.341 e. The van der Waals surface area contributed by atoms with Gasteiger partial charge >= 0.3 is 0 Å². The molecular formula is C13H15ClN4OS. The predicted molar refractivity (Wildman–Crippen MR) is 81.9 cm³/mol. The molecule has 7 heteroatoms. The third-order valence-corrected chi connectivity index (χ3v) is 4.11. The molecule has 5 nitrogen and oxygen atoms in total. The molecule has 0 bridgehead atoms. The Balaban J connectivity index is 2.26. The van der Waals surface area contributed by atoms with E-state index in [1.165, 1.54) is 11.3 Å². The molecule has 1 aromatic carbocycles. The first-order chi connectivity index (χ1) is 9.44. The van der Waals surface area contributed by atoms with E-state index in [1.54, 1.807) is 24.4 Å². The standard InChI is InChI=1S/C13H15ClN4OS/c1-13(2,12-16-5-6-20-12)17-11(19)9-7-8(14)3-4-10(9)18-15/h3-7,18H,15H2,1-2H3,(H,17,19). The van der Waals surface area contributed by atoms with Gasteiger partial charge in [-0.25, -0.2) is 4.98 Å². The summed E-state index contributed by atoms with van der Waals surface area (Å²) < 4.78 is 0. The molecule has 2 rings (SSSR count). The fourth-order valence-corrected chi connectivity index (χ4v) is 2.66. The van der Waals surface area contributed by atoms with Crippen LogP contribution in [0.2, 0.25) is 5.02 Å². The van der Waals surface area contributed by atoms with E-state index in [-0.39, 0.29) is 5.91 Å². The van der Waals surface area contributed by atoms with E-state index in [0.29, 0.717) is 16.3 Å². The molecule has 106 valence electrons. The molecule has 4 N–H and O–H groups in total. The van der Waals surface area contributed by atoms with Crippen molar-refractivity contribution in [2.45, 2.75) is 19.4 Å². The average Bonchev–Trinajstić information content (AvgIpc) is 2.92. The van der Waals surface area contributed by atoms with Gasteiger partial charge in [0, 0.05) is 16.6 Å². The number of hydrazine groups is 1. The summed E-state index contributed by atoms with van der Waals surface area (Å²) in [6.45, 7) is 3.79. The van der Waals surface area contributed by atoms with Crippen molar-refractivity contribution < 1.29 is 4.79 Å². The van der Waals surface area contributed by atoms with Crippen molar-refractivity contribution in [1.82, 2.24) is 10.3 Å². The number of nitrogens with two attached hydrogens (primary N) is 1. The first-order valence-corrected chi connectivity index (χ1v) is 7.18. The van der Waals surface area contributed by atoms with E-state index in [2.05, 4.69) is 15.7 Å². The maximum Gasteiger partial charge on any atom is 0.254 e. The molecule has 0 fully saturated rings. The highest BCUT2D eigenvalue weighted by atomic mass is 35.5. The van der Waals surface area contributed by atoms with Crippen LogP contribution in [0.1, 0.15) is 29.2 Å². The third-order valence-electron chi connectivity index (χ3n) is 2.77. The Morgan fingerprint density at radius 1 is 1.45 bits per heavy atom. The molecule has 1 heterocycles. The number of hydrogen-bond acceptors (Lipinski definition) is 5. The first kappa shape index (κ1) is 14.8. The summed E-state index contributed by atoms with van der Waals surface area (Å²) in [5.41, 5.74) is 2.83. The van der Waals surface area contributed by atoms with Gasteiger partial charge in [0.15, 0.2) is 0 Å². The normalized spacial score (nSPS) is 11.2. The molecule has 0 unspecified atom stereocenters. The van der Waals surface area contributed by atoms with E-state index in [4.69, 9.17) is 17.4 Å². The molecular weight excluding hydrogens is 296 g/mol. The number of benzene rings is 1. The molecule has 0 saturated carbocycles. The van der Waals surface area contributed by atoms with Crippen LogP contribution < -0.4 is 16.6 Å². The lowest BCUT2D eigenvalue weighted by Gasteiger charge is -2.24. The molecule has 2 aromatic rings. The van der Waals surface area contributed by atoms with E-state index in [1.807, 2.05) is 19.2 Å². The molecule has 0 aliphatic rings. The molecule has 20 heavy (non-hydrogen) atoms. The number of anilines is 1. The number of aromatic nitrogens is 1. The van der Waals surface area contributed by atoms with Crippen LogP contribution in [0, 0.1) is 0 Å². The fourth-order valence-electron chi connectivity index (χ4n) is 1.77. The van der Waals surface area contributed by atoms with E-state index in [0.717, 1.165) is 5.01 Å². The second-order valence-electron chi connectivity index (χ2n) is 4.75. The zero-order valence-corrected chi connectivity index (χ0v) is 12.7. The number of halogens is 1. The quantitative estimate of drug-likeness (QED) is 0.599. The maximum atomic E-state index is 12.4. The van der Waals surface area contributed by atoms with Crippen LogP contribution in [-0.4, -0.2) is 10.9 Å². The van der Waals surface area contributed by atoms with E-state index < -0.39 is 5.54 Å². The van der Waals surface area contributed by atoms with Gasteiger partial charge in [0.1, 0.15) is 5.01 Å². The Kier molecular flexibility index (Phi) is 4.27. The van der Waals surface area contributed by atoms with Gasteiger partial charge in [-0.15, -0.1) is 11.3 Å². The lowest BCUT2D eigenvalue weighted by atomic mass is 10.1. The fraction of sp³-hybridized carbons (Fsp3) is 0.231. The number of nitrogen functional groups attached to an aromatic ring is 1. The third kappa shape index (κ3) is 3.09. The molecule has 0 aliphatic carbocycles. The van der Waals surface area contributed by atoms with Crippen LogP contribution in [0.5, 0.6) is 0 Å². The minimum absolute atomic E-state index is 0.263. The van der Waals surface area contributed by atoms with Crippen LogP contribution in [0.3, 0.4) is 0 Å². The Labute approximate surface area is 126 Å². The summed E-state index contributed by atoms with van der Waals surface area (Å²) in [6, 6.07) is 4.90. The summed E-state index contributed by atoms with van der Waals surface area (Å²) in [7, 11) is 0. The van der Waals surface area contributed by atoms with Gasteiger partial charge in [-0.1, -0.05) is 11.6 Å². The van der Waals surface area contributed by atoms with Gasteiger partial charge in [0.2, 0.25) is 0 Å². The number of nitrogens with zero attached hydrogens (tertiary/aromatic N) is 1. The van der Waals surface area contributed by atoms with Crippen molar-refractivity contribution in [2.24, 2.45) is 5.84 Å². The Bertz CT molecular complexity index is 613. The van der Waals surface area contributed by atoms with Crippen molar-refractivity contribution in [3.05, 3.63) is 45.4 Å². The molecule has 1 aromatic heterocycles. The van der Waals surface area contributed by atoms with Gasteiger partial charge in [0.05, 0.1) is 16.8 Å². The molecule has 0 saturated heterocycles. The van der Waals surface area contributed by atoms with Crippen LogP contribution in [0.15, 0.2) is 29.8 Å². The zero-order valence-electron chi connectivity index (χ0n) is 11.1. The average molecular weight is 311 g/mol. The van der Waals surface area contributed by atoms with Crippen LogP contribution in [0.4, 0.5) is 5.69 Å². The molecule has 0 radical (unpaired) electrons. The molecule has 0 spiro atoms. The smallest absolute Gasteiger partial charge is 0.254 e. The molecule has 0 aliphatic heterocycles. The zero-order chi connectivity index (χ0) is 14.8. The number of nitrogens with one attached hydrogen (secondary N) is 2. The van der Waals surface area contributed by atoms with Gasteiger partial charge in [-0.05, 0) is 32.0 Å². The van der Waals surface area contributed by atoms with Crippen molar-refractivity contribution in [2.75, 3.05) is 5.43 Å². The van der Waals surface area contributed by atoms with Crippen LogP contribution in [0.25, 0.3) is 0 Å². The molecule has 1 amide bonds. The summed E-state index contributed by atoms with van der Waals surface area (Å²) in [4.78, 5) is 16.6. The highest BCUT2D eigenvalue weighted by Gasteiger charge is 2.27. The van der Waals surface area contributed by atoms with Crippen LogP contribution >= 0.6 is 22.9 Å². The second kappa shape index (κ2) is 5.78. The lowest BCUT2D eigenvalue weighted by molar-refractivity contribution is 0.0912. The number of carbonyl (C=O) groups is 1. The van der Waals surface area contributed by atoms with Gasteiger partial charge in [0.25, 0.3) is 5.91 Å². The first-order valence-electron chi connectivity index (χ1n) is 5.92. The van der Waals surface area contributed by atoms with Gasteiger partial charge < -0.3 is 10.7 Å². The van der Waals surface area contributed by atoms with Gasteiger partial charge in [-0.3, -0.25) is 10.6 Å². The van der Waals surface area contributed by atoms with Crippen molar-refractivity contribution in [3.8, 4) is 0 Å². The Morgan fingerprint density at radius 2 is 2.20 bits per heavy atom. The minimum atomic E-state index is -0.570. The van der Waals surface area contributed by atoms with Crippen molar-refractivity contribution in [1.29, 1.82) is 0 Å². The maximum absolute atomic E-state index is 12.4. The summed E-state index contributed by atoms with van der Waals surface area (Å²) in [5, 5.41) is 6.10. The number of hydrogen-bond donors (Lipinski definition) is 3. The van der Waals surface area contributed by atoms with E-state index in [9.17, 15) is 4.79 Å². The van der Waals surface area contributed by atoms with E-state index >= 15 is 0 Å². The number of thiazole rings is 1. The van der Waals surface area contributed by atoms with Crippen LogP contribution in [-0.2, 0) is 5.54 Å². The predicted octanol–water partition coefficient (Wildman–Crippen LogP) is 2.75. The summed E-state index contributed by atoms with van der Waals surface area (Å²) in [5.74, 6) is 5.15. The monoisotopic (exact) mass is 310 g/mol. The second-order valence-corrected chi connectivity index (χ2v) is 6.08. The number of amides is 1. The topological polar surface area (TPSA) is 80.0 Å². The summed E-state index contributed by atoms with van der Waals surface area (Å²) in [6.07, 6.45) is 1.71. The van der Waals surface area contributed by atoms with Crippen molar-refractivity contribution >= 4 is 34.5 Å². The summed E-state index contributed by atoms with van der Waals surface area (Å²) >= 11 is 7.42. The highest BCUT2D eigenvalue weighted by molar-refractivity contribution is 7.09. The minimum Gasteiger partial charge on any atom is -0.341 e. The number of rotatable bonds is 4. The Hall–Kier alpha value is -1.63. The highest BCUT2D eigenvalue weighted by Crippen LogP contribution is 2.25. The SMILES string of the molecule is CC(C)(NC(=O)c1cc(Cl)ccc1NN)c1nccs1.